The lowest BCUT2D eigenvalue weighted by atomic mass is 10.1. The van der Waals surface area contributed by atoms with Crippen molar-refractivity contribution in [1.29, 1.82) is 0 Å². The minimum Gasteiger partial charge on any atom is -0.453 e. The van der Waals surface area contributed by atoms with Crippen molar-refractivity contribution in [3.8, 4) is 0 Å². The van der Waals surface area contributed by atoms with Crippen LogP contribution in [0.4, 0.5) is 0 Å². The highest BCUT2D eigenvalue weighted by Gasteiger charge is 2.22. The molecule has 0 atom stereocenters. The number of nitrogens with one attached hydrogen (secondary N) is 1. The van der Waals surface area contributed by atoms with E-state index < -0.39 is 5.97 Å². The van der Waals surface area contributed by atoms with Gasteiger partial charge in [0.15, 0.2) is 12.4 Å². The van der Waals surface area contributed by atoms with Gasteiger partial charge in [-0.05, 0) is 53.2 Å². The zero-order valence-electron chi connectivity index (χ0n) is 15.6. The van der Waals surface area contributed by atoms with Crippen LogP contribution >= 0.6 is 0 Å². The van der Waals surface area contributed by atoms with Crippen LogP contribution in [0.5, 0.6) is 0 Å². The van der Waals surface area contributed by atoms with Crippen LogP contribution in [0.25, 0.3) is 0 Å². The monoisotopic (exact) mass is 344 g/mol. The summed E-state index contributed by atoms with van der Waals surface area (Å²) in [5, 5.41) is 0. The molecule has 0 spiro atoms. The Morgan fingerprint density at radius 3 is 2.28 bits per heavy atom. The van der Waals surface area contributed by atoms with Gasteiger partial charge in [0.2, 0.25) is 5.78 Å². The number of ether oxygens (including phenoxy) is 1. The largest absolute Gasteiger partial charge is 0.453 e. The van der Waals surface area contributed by atoms with Crippen molar-refractivity contribution in [2.75, 3.05) is 6.61 Å². The van der Waals surface area contributed by atoms with E-state index in [-0.39, 0.29) is 23.9 Å². The Kier molecular flexibility index (Phi) is 5.30. The SMILES string of the molecule is CCn1c(C)cc(C(=O)COC(=O)c2[nH]c(C)c(C(C)=O)c2C)c1C. The summed E-state index contributed by atoms with van der Waals surface area (Å²) in [7, 11) is 0. The van der Waals surface area contributed by atoms with Crippen LogP contribution in [0.3, 0.4) is 0 Å². The second-order valence-electron chi connectivity index (χ2n) is 6.21. The lowest BCUT2D eigenvalue weighted by molar-refractivity contribution is 0.0468. The molecular formula is C19H24N2O4. The predicted molar refractivity (Wildman–Crippen MR) is 94.5 cm³/mol. The van der Waals surface area contributed by atoms with Gasteiger partial charge in [-0.15, -0.1) is 0 Å². The molecule has 134 valence electrons. The molecule has 6 heteroatoms. The minimum absolute atomic E-state index is 0.117. The van der Waals surface area contributed by atoms with Gasteiger partial charge in [0.05, 0.1) is 0 Å². The van der Waals surface area contributed by atoms with Crippen LogP contribution in [0.1, 0.15) is 67.7 Å². The van der Waals surface area contributed by atoms with Gasteiger partial charge < -0.3 is 14.3 Å². The van der Waals surface area contributed by atoms with E-state index in [4.69, 9.17) is 4.74 Å². The third-order valence-corrected chi connectivity index (χ3v) is 4.52. The number of carbonyl (C=O) groups excluding carboxylic acids is 3. The third kappa shape index (κ3) is 3.43. The Hall–Kier alpha value is -2.63. The Morgan fingerprint density at radius 2 is 1.80 bits per heavy atom. The Morgan fingerprint density at radius 1 is 1.16 bits per heavy atom. The van der Waals surface area contributed by atoms with E-state index in [0.29, 0.717) is 22.4 Å². The number of aromatic amines is 1. The molecule has 1 N–H and O–H groups in total. The average Bonchev–Trinajstić information content (AvgIpc) is 3.00. The Labute approximate surface area is 147 Å². The highest BCUT2D eigenvalue weighted by molar-refractivity contribution is 6.03. The van der Waals surface area contributed by atoms with Crippen LogP contribution in [0.15, 0.2) is 6.07 Å². The zero-order chi connectivity index (χ0) is 18.9. The number of carbonyl (C=O) groups is 3. The summed E-state index contributed by atoms with van der Waals surface area (Å²) in [6.45, 7) is 11.1. The summed E-state index contributed by atoms with van der Waals surface area (Å²) in [4.78, 5) is 39.2. The van der Waals surface area contributed by atoms with Gasteiger partial charge in [-0.2, -0.15) is 0 Å². The number of aromatic nitrogens is 2. The second kappa shape index (κ2) is 7.09. The van der Waals surface area contributed by atoms with Crippen molar-refractivity contribution in [2.45, 2.75) is 48.1 Å². The van der Waals surface area contributed by atoms with Gasteiger partial charge in [0.25, 0.3) is 0 Å². The van der Waals surface area contributed by atoms with Crippen molar-refractivity contribution in [3.05, 3.63) is 45.5 Å². The molecule has 2 rings (SSSR count). The number of Topliss-reactive ketones (excluding diaryl/α,β-unsaturated/α-hetero) is 2. The lowest BCUT2D eigenvalue weighted by Crippen LogP contribution is -2.16. The van der Waals surface area contributed by atoms with E-state index in [1.54, 1.807) is 13.8 Å². The van der Waals surface area contributed by atoms with Gasteiger partial charge in [-0.1, -0.05) is 0 Å². The van der Waals surface area contributed by atoms with Crippen LogP contribution in [-0.2, 0) is 11.3 Å². The molecule has 2 aromatic rings. The molecule has 0 aliphatic heterocycles. The predicted octanol–water partition coefficient (Wildman–Crippen LogP) is 3.31. The smallest absolute Gasteiger partial charge is 0.355 e. The number of aryl methyl sites for hydroxylation is 2. The number of nitrogens with zero attached hydrogens (tertiary/aromatic N) is 1. The maximum Gasteiger partial charge on any atom is 0.355 e. The van der Waals surface area contributed by atoms with E-state index in [1.807, 2.05) is 31.4 Å². The summed E-state index contributed by atoms with van der Waals surface area (Å²) in [6, 6.07) is 1.81. The number of rotatable bonds is 6. The average molecular weight is 344 g/mol. The van der Waals surface area contributed by atoms with Gasteiger partial charge in [-0.25, -0.2) is 4.79 Å². The first-order valence-electron chi connectivity index (χ1n) is 8.26. The fourth-order valence-electron chi connectivity index (χ4n) is 3.33. The fourth-order valence-corrected chi connectivity index (χ4v) is 3.33. The minimum atomic E-state index is -0.634. The van der Waals surface area contributed by atoms with Crippen LogP contribution in [0.2, 0.25) is 0 Å². The van der Waals surface area contributed by atoms with Gasteiger partial charge >= 0.3 is 5.97 Å². The normalized spacial score (nSPS) is 10.8. The van der Waals surface area contributed by atoms with Crippen molar-refractivity contribution in [3.63, 3.8) is 0 Å². The Balaban J connectivity index is 2.14. The van der Waals surface area contributed by atoms with Crippen molar-refractivity contribution in [1.82, 2.24) is 9.55 Å². The van der Waals surface area contributed by atoms with E-state index in [1.165, 1.54) is 6.92 Å². The molecule has 0 saturated carbocycles. The molecule has 2 aromatic heterocycles. The van der Waals surface area contributed by atoms with Crippen molar-refractivity contribution >= 4 is 17.5 Å². The number of ketones is 2. The summed E-state index contributed by atoms with van der Waals surface area (Å²) in [5.74, 6) is -0.993. The molecule has 0 fully saturated rings. The lowest BCUT2D eigenvalue weighted by Gasteiger charge is -2.06. The summed E-state index contributed by atoms with van der Waals surface area (Å²) in [6.07, 6.45) is 0. The van der Waals surface area contributed by atoms with Crippen LogP contribution < -0.4 is 0 Å². The van der Waals surface area contributed by atoms with Crippen LogP contribution in [0, 0.1) is 27.7 Å². The summed E-state index contributed by atoms with van der Waals surface area (Å²) >= 11 is 0. The molecule has 0 bridgehead atoms. The summed E-state index contributed by atoms with van der Waals surface area (Å²) < 4.78 is 7.21. The maximum atomic E-state index is 12.4. The first-order valence-corrected chi connectivity index (χ1v) is 8.26. The van der Waals surface area contributed by atoms with E-state index in [9.17, 15) is 14.4 Å². The first kappa shape index (κ1) is 18.7. The number of H-pyrrole nitrogens is 1. The van der Waals surface area contributed by atoms with Crippen molar-refractivity contribution < 1.29 is 19.1 Å². The number of hydrogen-bond donors (Lipinski definition) is 1. The van der Waals surface area contributed by atoms with Gasteiger partial charge in [0.1, 0.15) is 5.69 Å². The standard InChI is InChI=1S/C19H24N2O4/c1-7-21-10(2)8-15(13(21)5)16(23)9-25-19(24)18-11(3)17(14(6)22)12(4)20-18/h8,20H,7,9H2,1-6H3. The second-order valence-corrected chi connectivity index (χ2v) is 6.21. The first-order chi connectivity index (χ1) is 11.7. The molecule has 0 radical (unpaired) electrons. The van der Waals surface area contributed by atoms with E-state index in [0.717, 1.165) is 17.9 Å². The number of hydrogen-bond acceptors (Lipinski definition) is 4. The molecule has 0 unspecified atom stereocenters. The zero-order valence-corrected chi connectivity index (χ0v) is 15.6. The quantitative estimate of drug-likeness (QED) is 0.644. The molecule has 0 aliphatic rings. The molecular weight excluding hydrogens is 320 g/mol. The Bertz CT molecular complexity index is 855. The molecule has 2 heterocycles. The number of esters is 1. The topological polar surface area (TPSA) is 81.2 Å². The molecule has 0 amide bonds. The molecule has 0 aliphatic carbocycles. The summed E-state index contributed by atoms with van der Waals surface area (Å²) in [5.41, 5.74) is 4.31. The van der Waals surface area contributed by atoms with E-state index in [2.05, 4.69) is 4.98 Å². The van der Waals surface area contributed by atoms with Gasteiger partial charge in [-0.3, -0.25) is 9.59 Å². The van der Waals surface area contributed by atoms with E-state index >= 15 is 0 Å². The van der Waals surface area contributed by atoms with Gasteiger partial charge in [0, 0.05) is 34.8 Å². The maximum absolute atomic E-state index is 12.4. The highest BCUT2D eigenvalue weighted by Crippen LogP contribution is 2.20. The highest BCUT2D eigenvalue weighted by atomic mass is 16.5. The molecule has 6 nitrogen and oxygen atoms in total. The van der Waals surface area contributed by atoms with Crippen molar-refractivity contribution in [2.24, 2.45) is 0 Å². The third-order valence-electron chi connectivity index (χ3n) is 4.52. The fraction of sp³-hybridized carbons (Fsp3) is 0.421. The molecule has 25 heavy (non-hydrogen) atoms. The molecule has 0 saturated heterocycles. The van der Waals surface area contributed by atoms with Crippen LogP contribution in [-0.4, -0.2) is 33.7 Å². The molecule has 0 aromatic carbocycles.